The first-order valence-corrected chi connectivity index (χ1v) is 11.6. The van der Waals surface area contributed by atoms with E-state index in [0.29, 0.717) is 43.4 Å². The Morgan fingerprint density at radius 2 is 2.00 bits per heavy atom. The van der Waals surface area contributed by atoms with Crippen LogP contribution in [0.4, 0.5) is 5.69 Å². The molecule has 1 saturated heterocycles. The van der Waals surface area contributed by atoms with Gasteiger partial charge in [-0.1, -0.05) is 0 Å². The van der Waals surface area contributed by atoms with Crippen molar-refractivity contribution in [2.75, 3.05) is 44.9 Å². The lowest BCUT2D eigenvalue weighted by Crippen LogP contribution is -2.32. The van der Waals surface area contributed by atoms with Gasteiger partial charge in [0.25, 0.3) is 5.88 Å². The molecular formula is C25H28N4O4. The molecule has 1 aliphatic carbocycles. The third-order valence-electron chi connectivity index (χ3n) is 7.04. The van der Waals surface area contributed by atoms with Gasteiger partial charge in [0.05, 0.1) is 24.5 Å². The molecule has 3 aromatic rings. The Balaban J connectivity index is 1.13. The molecule has 3 atom stereocenters. The number of nitrogens with zero attached hydrogens (tertiary/aromatic N) is 3. The monoisotopic (exact) mass is 448 g/mol. The molecule has 2 aliphatic heterocycles. The fourth-order valence-electron chi connectivity index (χ4n) is 5.33. The zero-order valence-electron chi connectivity index (χ0n) is 18.7. The zero-order chi connectivity index (χ0) is 22.4. The molecule has 4 heterocycles. The number of hydrogen-bond donors (Lipinski definition) is 2. The molecule has 1 saturated carbocycles. The summed E-state index contributed by atoms with van der Waals surface area (Å²) >= 11 is 0. The SMILES string of the molecule is COc1cnc2ccc(N3CC4[C@@H](NCc5ccc6c(n5)OCCO6)[C@H]4C3)c(CCO)c2c1. The van der Waals surface area contributed by atoms with E-state index in [1.165, 1.54) is 5.69 Å². The first-order valence-electron chi connectivity index (χ1n) is 11.6. The topological polar surface area (TPSA) is 89.0 Å². The number of ether oxygens (including phenoxy) is 3. The first kappa shape index (κ1) is 20.5. The van der Waals surface area contributed by atoms with Crippen LogP contribution in [-0.2, 0) is 13.0 Å². The van der Waals surface area contributed by atoms with Gasteiger partial charge >= 0.3 is 0 Å². The van der Waals surface area contributed by atoms with Crippen molar-refractivity contribution in [1.29, 1.82) is 0 Å². The van der Waals surface area contributed by atoms with E-state index in [0.717, 1.165) is 53.3 Å². The van der Waals surface area contributed by atoms with Crippen LogP contribution in [0.1, 0.15) is 11.3 Å². The smallest absolute Gasteiger partial charge is 0.257 e. The molecule has 0 bridgehead atoms. The van der Waals surface area contributed by atoms with Crippen LogP contribution in [0.15, 0.2) is 36.5 Å². The number of aliphatic hydroxyl groups excluding tert-OH is 1. The number of aromatic nitrogens is 2. The van der Waals surface area contributed by atoms with Gasteiger partial charge in [0, 0.05) is 43.4 Å². The number of fused-ring (bicyclic) bond motifs is 3. The summed E-state index contributed by atoms with van der Waals surface area (Å²) in [5.74, 6) is 3.32. The molecule has 0 amide bonds. The first-order chi connectivity index (χ1) is 16.2. The number of methoxy groups -OCH3 is 1. The van der Waals surface area contributed by atoms with Crippen molar-refractivity contribution in [3.05, 3.63) is 47.8 Å². The standard InChI is InChI=1S/C25H28N4O4/c1-31-16-10-18-17(6-7-30)22(4-3-21(18)26-12-16)29-13-19-20(14-29)24(19)27-11-15-2-5-23-25(28-15)33-9-8-32-23/h2-5,10,12,19-20,24,27,30H,6-9,11,13-14H2,1H3/t19-,20?,24-/m0/s1. The molecule has 0 spiro atoms. The summed E-state index contributed by atoms with van der Waals surface area (Å²) in [6.45, 7) is 3.99. The van der Waals surface area contributed by atoms with Crippen molar-refractivity contribution in [2.24, 2.45) is 11.8 Å². The maximum absolute atomic E-state index is 9.73. The average molecular weight is 449 g/mol. The number of rotatable bonds is 7. The van der Waals surface area contributed by atoms with Crippen LogP contribution in [0, 0.1) is 11.8 Å². The van der Waals surface area contributed by atoms with E-state index < -0.39 is 0 Å². The molecular weight excluding hydrogens is 420 g/mol. The lowest BCUT2D eigenvalue weighted by Gasteiger charge is -2.26. The lowest BCUT2D eigenvalue weighted by atomic mass is 10.0. The zero-order valence-corrected chi connectivity index (χ0v) is 18.7. The van der Waals surface area contributed by atoms with Crippen molar-refractivity contribution in [1.82, 2.24) is 15.3 Å². The summed E-state index contributed by atoms with van der Waals surface area (Å²) in [5, 5.41) is 14.5. The Labute approximate surface area is 192 Å². The highest BCUT2D eigenvalue weighted by atomic mass is 16.6. The summed E-state index contributed by atoms with van der Waals surface area (Å²) < 4.78 is 16.5. The van der Waals surface area contributed by atoms with Gasteiger partial charge in [-0.15, -0.1) is 0 Å². The van der Waals surface area contributed by atoms with E-state index in [2.05, 4.69) is 32.3 Å². The number of anilines is 1. The number of aliphatic hydroxyl groups is 1. The summed E-state index contributed by atoms with van der Waals surface area (Å²) in [6, 6.07) is 10.7. The predicted octanol–water partition coefficient (Wildman–Crippen LogP) is 2.17. The van der Waals surface area contributed by atoms with Gasteiger partial charge in [0.1, 0.15) is 19.0 Å². The third-order valence-corrected chi connectivity index (χ3v) is 7.04. The van der Waals surface area contributed by atoms with Crippen LogP contribution in [0.2, 0.25) is 0 Å². The second kappa shape index (κ2) is 8.35. The van der Waals surface area contributed by atoms with E-state index in [1.807, 2.05) is 18.2 Å². The van der Waals surface area contributed by atoms with Crippen LogP contribution < -0.4 is 24.4 Å². The Bertz CT molecular complexity index is 1170. The summed E-state index contributed by atoms with van der Waals surface area (Å²) in [5.41, 5.74) is 4.25. The van der Waals surface area contributed by atoms with Gasteiger partial charge in [-0.2, -0.15) is 0 Å². The van der Waals surface area contributed by atoms with Crippen LogP contribution in [0.3, 0.4) is 0 Å². The lowest BCUT2D eigenvalue weighted by molar-refractivity contribution is 0.164. The second-order valence-corrected chi connectivity index (χ2v) is 8.92. The number of pyridine rings is 2. The Kier molecular flexibility index (Phi) is 5.19. The van der Waals surface area contributed by atoms with Gasteiger partial charge < -0.3 is 29.5 Å². The van der Waals surface area contributed by atoms with Gasteiger partial charge in [-0.05, 0) is 54.2 Å². The van der Waals surface area contributed by atoms with E-state index in [1.54, 1.807) is 13.3 Å². The molecule has 2 fully saturated rings. The molecule has 6 rings (SSSR count). The molecule has 2 aromatic heterocycles. The van der Waals surface area contributed by atoms with Crippen LogP contribution in [0.25, 0.3) is 10.9 Å². The fraction of sp³-hybridized carbons (Fsp3) is 0.440. The molecule has 0 radical (unpaired) electrons. The Morgan fingerprint density at radius 3 is 2.82 bits per heavy atom. The molecule has 1 unspecified atom stereocenters. The minimum atomic E-state index is 0.108. The number of piperidine rings is 1. The molecule has 3 aliphatic rings. The van der Waals surface area contributed by atoms with E-state index in [9.17, 15) is 5.11 Å². The average Bonchev–Trinajstić information content (AvgIpc) is 3.31. The Hall–Kier alpha value is -3.10. The van der Waals surface area contributed by atoms with Crippen LogP contribution in [-0.4, -0.2) is 61.1 Å². The van der Waals surface area contributed by atoms with Crippen molar-refractivity contribution < 1.29 is 19.3 Å². The number of hydrogen-bond acceptors (Lipinski definition) is 8. The molecule has 8 nitrogen and oxygen atoms in total. The van der Waals surface area contributed by atoms with Crippen molar-refractivity contribution in [3.8, 4) is 17.4 Å². The van der Waals surface area contributed by atoms with Gasteiger partial charge in [0.2, 0.25) is 0 Å². The summed E-state index contributed by atoms with van der Waals surface area (Å²) in [4.78, 5) is 11.6. The molecule has 2 N–H and O–H groups in total. The van der Waals surface area contributed by atoms with Crippen molar-refractivity contribution >= 4 is 16.6 Å². The Morgan fingerprint density at radius 1 is 1.15 bits per heavy atom. The number of nitrogens with one attached hydrogen (secondary N) is 1. The van der Waals surface area contributed by atoms with Gasteiger partial charge in [-0.25, -0.2) is 4.98 Å². The van der Waals surface area contributed by atoms with E-state index >= 15 is 0 Å². The van der Waals surface area contributed by atoms with Crippen molar-refractivity contribution in [2.45, 2.75) is 19.0 Å². The van der Waals surface area contributed by atoms with Crippen LogP contribution >= 0.6 is 0 Å². The van der Waals surface area contributed by atoms with Gasteiger partial charge in [0.15, 0.2) is 5.75 Å². The third kappa shape index (κ3) is 3.73. The molecule has 172 valence electrons. The largest absolute Gasteiger partial charge is 0.495 e. The van der Waals surface area contributed by atoms with Gasteiger partial charge in [-0.3, -0.25) is 4.98 Å². The maximum Gasteiger partial charge on any atom is 0.257 e. The highest BCUT2D eigenvalue weighted by Crippen LogP contribution is 2.48. The minimum Gasteiger partial charge on any atom is -0.495 e. The normalized spacial score (nSPS) is 23.0. The number of benzene rings is 1. The van der Waals surface area contributed by atoms with Crippen LogP contribution in [0.5, 0.6) is 17.4 Å². The van der Waals surface area contributed by atoms with Crippen molar-refractivity contribution in [3.63, 3.8) is 0 Å². The van der Waals surface area contributed by atoms with E-state index in [-0.39, 0.29) is 6.61 Å². The molecule has 1 aromatic carbocycles. The summed E-state index contributed by atoms with van der Waals surface area (Å²) in [7, 11) is 1.65. The highest BCUT2D eigenvalue weighted by molar-refractivity contribution is 5.88. The second-order valence-electron chi connectivity index (χ2n) is 8.92. The minimum absolute atomic E-state index is 0.108. The molecule has 33 heavy (non-hydrogen) atoms. The summed E-state index contributed by atoms with van der Waals surface area (Å²) in [6.07, 6.45) is 2.34. The highest BCUT2D eigenvalue weighted by Gasteiger charge is 2.55. The maximum atomic E-state index is 9.73. The predicted molar refractivity (Wildman–Crippen MR) is 124 cm³/mol. The fourth-order valence-corrected chi connectivity index (χ4v) is 5.33. The molecule has 8 heteroatoms. The quantitative estimate of drug-likeness (QED) is 0.569. The van der Waals surface area contributed by atoms with E-state index in [4.69, 9.17) is 14.2 Å².